The van der Waals surface area contributed by atoms with Crippen molar-refractivity contribution in [3.8, 4) is 0 Å². The van der Waals surface area contributed by atoms with Gasteiger partial charge >= 0.3 is 6.03 Å². The van der Waals surface area contributed by atoms with Crippen LogP contribution in [0.25, 0.3) is 0 Å². The van der Waals surface area contributed by atoms with E-state index in [1.807, 2.05) is 19.1 Å². The lowest BCUT2D eigenvalue weighted by Crippen LogP contribution is -2.38. The lowest BCUT2D eigenvalue weighted by atomic mass is 10.2. The average Bonchev–Trinajstić information content (AvgIpc) is 2.69. The zero-order valence-corrected chi connectivity index (χ0v) is 13.1. The highest BCUT2D eigenvalue weighted by molar-refractivity contribution is 6.31. The van der Waals surface area contributed by atoms with Crippen LogP contribution in [0, 0.1) is 6.92 Å². The molecule has 1 aliphatic heterocycles. The molecule has 3 amide bonds. The highest BCUT2D eigenvalue weighted by Gasteiger charge is 2.20. The molecule has 21 heavy (non-hydrogen) atoms. The molecule has 1 N–H and O–H groups in total. The Morgan fingerprint density at radius 1 is 1.14 bits per heavy atom. The summed E-state index contributed by atoms with van der Waals surface area (Å²) in [4.78, 5) is 27.1. The van der Waals surface area contributed by atoms with Crippen LogP contribution in [0.5, 0.6) is 0 Å². The normalized spacial score (nSPS) is 15.6. The van der Waals surface area contributed by atoms with E-state index in [-0.39, 0.29) is 11.9 Å². The molecule has 0 atom stereocenters. The second-order valence-electron chi connectivity index (χ2n) is 5.24. The topological polar surface area (TPSA) is 52.7 Å². The summed E-state index contributed by atoms with van der Waals surface area (Å²) >= 11 is 6.05. The summed E-state index contributed by atoms with van der Waals surface area (Å²) in [5.41, 5.74) is 1.66. The summed E-state index contributed by atoms with van der Waals surface area (Å²) in [6, 6.07) is 5.30. The predicted molar refractivity (Wildman–Crippen MR) is 83.7 cm³/mol. The summed E-state index contributed by atoms with van der Waals surface area (Å²) in [5.74, 6) is 0.0579. The van der Waals surface area contributed by atoms with Crippen LogP contribution in [0.1, 0.15) is 18.9 Å². The number of carbonyl (C=O) groups excluding carboxylic acids is 2. The van der Waals surface area contributed by atoms with E-state index < -0.39 is 0 Å². The lowest BCUT2D eigenvalue weighted by Gasteiger charge is -2.22. The number of amides is 3. The quantitative estimate of drug-likeness (QED) is 0.867. The number of aryl methyl sites for hydroxylation is 1. The molecule has 0 bridgehead atoms. The minimum absolute atomic E-state index is 0.0579. The molecule has 6 heteroatoms. The molecule has 1 aromatic carbocycles. The van der Waals surface area contributed by atoms with Crippen LogP contribution in [-0.2, 0) is 4.79 Å². The number of halogens is 1. The van der Waals surface area contributed by atoms with Crippen LogP contribution in [0.4, 0.5) is 10.5 Å². The van der Waals surface area contributed by atoms with Gasteiger partial charge in [-0.1, -0.05) is 17.7 Å². The fourth-order valence-electron chi connectivity index (χ4n) is 2.31. The van der Waals surface area contributed by atoms with Gasteiger partial charge in [0.15, 0.2) is 0 Å². The number of benzene rings is 1. The van der Waals surface area contributed by atoms with E-state index >= 15 is 0 Å². The number of rotatable bonds is 1. The number of hydrogen-bond donors (Lipinski definition) is 1. The van der Waals surface area contributed by atoms with Crippen molar-refractivity contribution >= 4 is 29.2 Å². The summed E-state index contributed by atoms with van der Waals surface area (Å²) < 4.78 is 0. The SMILES string of the molecule is CC(=O)N1CCCN(C(=O)Nc2ccc(C)c(Cl)c2)CC1. The fraction of sp³-hybridized carbons (Fsp3) is 0.467. The van der Waals surface area contributed by atoms with Crippen LogP contribution in [0.15, 0.2) is 18.2 Å². The molecule has 1 fully saturated rings. The first kappa shape index (κ1) is 15.6. The second-order valence-corrected chi connectivity index (χ2v) is 5.65. The second kappa shape index (κ2) is 6.80. The highest BCUT2D eigenvalue weighted by atomic mass is 35.5. The number of nitrogens with one attached hydrogen (secondary N) is 1. The van der Waals surface area contributed by atoms with Crippen molar-refractivity contribution < 1.29 is 9.59 Å². The molecule has 0 aliphatic carbocycles. The molecule has 1 aromatic rings. The van der Waals surface area contributed by atoms with Gasteiger partial charge in [-0.2, -0.15) is 0 Å². The Morgan fingerprint density at radius 3 is 2.48 bits per heavy atom. The molecule has 0 aromatic heterocycles. The van der Waals surface area contributed by atoms with E-state index in [0.29, 0.717) is 36.9 Å². The van der Waals surface area contributed by atoms with Crippen molar-refractivity contribution in [2.45, 2.75) is 20.3 Å². The van der Waals surface area contributed by atoms with Gasteiger partial charge in [0.05, 0.1) is 0 Å². The summed E-state index contributed by atoms with van der Waals surface area (Å²) in [6.45, 7) is 5.95. The first-order chi connectivity index (χ1) is 9.97. The van der Waals surface area contributed by atoms with Gasteiger partial charge in [-0.15, -0.1) is 0 Å². The molecular formula is C15H20ClN3O2. The first-order valence-corrected chi connectivity index (χ1v) is 7.43. The molecule has 0 unspecified atom stereocenters. The summed E-state index contributed by atoms with van der Waals surface area (Å²) in [6.07, 6.45) is 0.793. The number of carbonyl (C=O) groups is 2. The van der Waals surface area contributed by atoms with Gasteiger partial charge in [0.25, 0.3) is 0 Å². The molecule has 1 saturated heterocycles. The smallest absolute Gasteiger partial charge is 0.321 e. The Morgan fingerprint density at radius 2 is 1.81 bits per heavy atom. The Balaban J connectivity index is 1.96. The Hall–Kier alpha value is -1.75. The minimum Gasteiger partial charge on any atom is -0.341 e. The van der Waals surface area contributed by atoms with E-state index in [1.54, 1.807) is 22.8 Å². The predicted octanol–water partition coefficient (Wildman–Crippen LogP) is 2.73. The van der Waals surface area contributed by atoms with Crippen molar-refractivity contribution in [3.05, 3.63) is 28.8 Å². The molecule has 0 saturated carbocycles. The maximum absolute atomic E-state index is 12.3. The zero-order chi connectivity index (χ0) is 15.4. The summed E-state index contributed by atoms with van der Waals surface area (Å²) in [5, 5.41) is 3.48. The van der Waals surface area contributed by atoms with E-state index in [9.17, 15) is 9.59 Å². The van der Waals surface area contributed by atoms with Gasteiger partial charge in [-0.25, -0.2) is 4.79 Å². The van der Waals surface area contributed by atoms with Crippen molar-refractivity contribution in [1.82, 2.24) is 9.80 Å². The molecular weight excluding hydrogens is 290 g/mol. The number of nitrogens with zero attached hydrogens (tertiary/aromatic N) is 2. The van der Waals surface area contributed by atoms with Gasteiger partial charge in [0.2, 0.25) is 5.91 Å². The van der Waals surface area contributed by atoms with Gasteiger partial charge in [-0.3, -0.25) is 4.79 Å². The molecule has 0 spiro atoms. The highest BCUT2D eigenvalue weighted by Crippen LogP contribution is 2.20. The zero-order valence-electron chi connectivity index (χ0n) is 12.4. The average molecular weight is 310 g/mol. The van der Waals surface area contributed by atoms with E-state index in [4.69, 9.17) is 11.6 Å². The van der Waals surface area contributed by atoms with E-state index in [1.165, 1.54) is 0 Å². The third-order valence-electron chi connectivity index (χ3n) is 3.65. The molecule has 1 aliphatic rings. The van der Waals surface area contributed by atoms with E-state index in [0.717, 1.165) is 12.0 Å². The van der Waals surface area contributed by atoms with Crippen LogP contribution in [0.2, 0.25) is 5.02 Å². The Bertz CT molecular complexity index is 548. The van der Waals surface area contributed by atoms with Gasteiger partial charge in [0.1, 0.15) is 0 Å². The van der Waals surface area contributed by atoms with Crippen LogP contribution in [-0.4, -0.2) is 47.9 Å². The van der Waals surface area contributed by atoms with Crippen LogP contribution in [0.3, 0.4) is 0 Å². The molecule has 5 nitrogen and oxygen atoms in total. The molecule has 2 rings (SSSR count). The van der Waals surface area contributed by atoms with Crippen molar-refractivity contribution in [3.63, 3.8) is 0 Å². The van der Waals surface area contributed by atoms with Crippen molar-refractivity contribution in [2.75, 3.05) is 31.5 Å². The van der Waals surface area contributed by atoms with Gasteiger partial charge < -0.3 is 15.1 Å². The Kier molecular flexibility index (Phi) is 5.07. The standard InChI is InChI=1S/C15H20ClN3O2/c1-11-4-5-13(10-14(11)16)17-15(21)19-7-3-6-18(8-9-19)12(2)20/h4-5,10H,3,6-9H2,1-2H3,(H,17,21). The Labute approximate surface area is 129 Å². The van der Waals surface area contributed by atoms with Crippen molar-refractivity contribution in [1.29, 1.82) is 0 Å². The van der Waals surface area contributed by atoms with Crippen LogP contribution < -0.4 is 5.32 Å². The molecule has 1 heterocycles. The summed E-state index contributed by atoms with van der Waals surface area (Å²) in [7, 11) is 0. The largest absolute Gasteiger partial charge is 0.341 e. The molecule has 0 radical (unpaired) electrons. The maximum Gasteiger partial charge on any atom is 0.321 e. The van der Waals surface area contributed by atoms with E-state index in [2.05, 4.69) is 5.32 Å². The lowest BCUT2D eigenvalue weighted by molar-refractivity contribution is -0.128. The number of anilines is 1. The first-order valence-electron chi connectivity index (χ1n) is 7.05. The maximum atomic E-state index is 12.3. The number of hydrogen-bond acceptors (Lipinski definition) is 2. The van der Waals surface area contributed by atoms with Gasteiger partial charge in [-0.05, 0) is 31.0 Å². The fourth-order valence-corrected chi connectivity index (χ4v) is 2.49. The third-order valence-corrected chi connectivity index (χ3v) is 4.06. The third kappa shape index (κ3) is 4.11. The van der Waals surface area contributed by atoms with Crippen molar-refractivity contribution in [2.24, 2.45) is 0 Å². The molecule has 114 valence electrons. The number of urea groups is 1. The van der Waals surface area contributed by atoms with Gasteiger partial charge in [0, 0.05) is 43.8 Å². The van der Waals surface area contributed by atoms with Crippen LogP contribution >= 0.6 is 11.6 Å². The minimum atomic E-state index is -0.152. The monoisotopic (exact) mass is 309 g/mol.